The van der Waals surface area contributed by atoms with E-state index in [1.807, 2.05) is 26.8 Å². The molecule has 0 fully saturated rings. The van der Waals surface area contributed by atoms with Crippen LogP contribution in [0.25, 0.3) is 0 Å². The average Bonchev–Trinajstić information content (AvgIpc) is 2.08. The Morgan fingerprint density at radius 2 is 2.07 bits per heavy atom. The molecule has 0 aromatic heterocycles. The van der Waals surface area contributed by atoms with Crippen molar-refractivity contribution in [1.82, 2.24) is 0 Å². The third-order valence-corrected chi connectivity index (χ3v) is 2.52. The van der Waals surface area contributed by atoms with Crippen molar-refractivity contribution in [2.45, 2.75) is 26.8 Å². The lowest BCUT2D eigenvalue weighted by atomic mass is 10.1. The van der Waals surface area contributed by atoms with Crippen molar-refractivity contribution in [3.05, 3.63) is 27.7 Å². The number of hydrogen-bond donors (Lipinski definition) is 2. The molecule has 0 heterocycles. The molecular weight excluding hydrogens is 258 g/mol. The largest absolute Gasteiger partial charge is 0.478 e. The van der Waals surface area contributed by atoms with Crippen molar-refractivity contribution in [1.29, 1.82) is 0 Å². The second-order valence-corrected chi connectivity index (χ2v) is 4.63. The van der Waals surface area contributed by atoms with Gasteiger partial charge in [0.2, 0.25) is 0 Å². The smallest absolute Gasteiger partial charge is 0.337 e. The summed E-state index contributed by atoms with van der Waals surface area (Å²) in [6, 6.07) is 3.76. The van der Waals surface area contributed by atoms with E-state index in [9.17, 15) is 4.79 Å². The van der Waals surface area contributed by atoms with Gasteiger partial charge >= 0.3 is 5.97 Å². The van der Waals surface area contributed by atoms with E-state index >= 15 is 0 Å². The van der Waals surface area contributed by atoms with Gasteiger partial charge in [0, 0.05) is 10.5 Å². The van der Waals surface area contributed by atoms with Gasteiger partial charge in [-0.3, -0.25) is 0 Å². The number of benzene rings is 1. The molecule has 3 nitrogen and oxygen atoms in total. The minimum Gasteiger partial charge on any atom is -0.478 e. The number of carboxylic acids is 1. The zero-order chi connectivity index (χ0) is 11.6. The first-order valence-electron chi connectivity index (χ1n) is 4.71. The molecule has 1 aromatic rings. The molecule has 82 valence electrons. The van der Waals surface area contributed by atoms with Gasteiger partial charge in [0.15, 0.2) is 0 Å². The van der Waals surface area contributed by atoms with E-state index in [-0.39, 0.29) is 6.04 Å². The molecule has 1 aromatic carbocycles. The Morgan fingerprint density at radius 1 is 1.47 bits per heavy atom. The van der Waals surface area contributed by atoms with Crippen LogP contribution in [0.1, 0.15) is 29.8 Å². The van der Waals surface area contributed by atoms with E-state index in [4.69, 9.17) is 5.11 Å². The van der Waals surface area contributed by atoms with Crippen LogP contribution in [-0.2, 0) is 0 Å². The van der Waals surface area contributed by atoms with E-state index in [0.717, 1.165) is 10.0 Å². The van der Waals surface area contributed by atoms with Crippen molar-refractivity contribution >= 4 is 27.6 Å². The minimum atomic E-state index is -0.914. The van der Waals surface area contributed by atoms with Crippen LogP contribution < -0.4 is 5.32 Å². The second kappa shape index (κ2) is 4.66. The maximum atomic E-state index is 11.0. The predicted octanol–water partition coefficient (Wildman–Crippen LogP) is 3.28. The Morgan fingerprint density at radius 3 is 2.53 bits per heavy atom. The zero-order valence-electron chi connectivity index (χ0n) is 8.97. The van der Waals surface area contributed by atoms with Crippen LogP contribution in [0.5, 0.6) is 0 Å². The summed E-state index contributed by atoms with van der Waals surface area (Å²) in [4.78, 5) is 11.0. The Hall–Kier alpha value is -1.03. The van der Waals surface area contributed by atoms with E-state index in [1.54, 1.807) is 6.07 Å². The molecule has 0 radical (unpaired) electrons. The highest BCUT2D eigenvalue weighted by molar-refractivity contribution is 9.10. The van der Waals surface area contributed by atoms with Crippen LogP contribution in [-0.4, -0.2) is 17.1 Å². The Bertz CT molecular complexity index is 388. The maximum Gasteiger partial charge on any atom is 0.337 e. The molecular formula is C11H14BrNO2. The number of rotatable bonds is 3. The first-order valence-corrected chi connectivity index (χ1v) is 5.51. The van der Waals surface area contributed by atoms with Crippen LogP contribution >= 0.6 is 15.9 Å². The number of carboxylic acid groups (broad SMARTS) is 1. The van der Waals surface area contributed by atoms with Crippen LogP contribution in [0.15, 0.2) is 16.6 Å². The minimum absolute atomic E-state index is 0.196. The lowest BCUT2D eigenvalue weighted by Gasteiger charge is -2.15. The highest BCUT2D eigenvalue weighted by atomic mass is 79.9. The summed E-state index contributed by atoms with van der Waals surface area (Å²) >= 11 is 3.37. The summed E-state index contributed by atoms with van der Waals surface area (Å²) in [7, 11) is 0. The van der Waals surface area contributed by atoms with Crippen molar-refractivity contribution < 1.29 is 9.90 Å². The molecule has 0 aliphatic carbocycles. The fraction of sp³-hybridized carbons (Fsp3) is 0.364. The van der Waals surface area contributed by atoms with E-state index in [2.05, 4.69) is 21.2 Å². The molecule has 1 rings (SSSR count). The van der Waals surface area contributed by atoms with Crippen LogP contribution in [0.2, 0.25) is 0 Å². The third-order valence-electron chi connectivity index (χ3n) is 1.90. The molecule has 0 saturated heterocycles. The second-order valence-electron chi connectivity index (χ2n) is 3.77. The number of anilines is 1. The molecule has 0 aliphatic rings. The van der Waals surface area contributed by atoms with E-state index < -0.39 is 5.97 Å². The first-order chi connectivity index (χ1) is 6.91. The molecule has 15 heavy (non-hydrogen) atoms. The number of aromatic carboxylic acids is 1. The Kier molecular flexibility index (Phi) is 3.74. The number of aryl methyl sites for hydroxylation is 1. The van der Waals surface area contributed by atoms with Gasteiger partial charge in [0.05, 0.1) is 11.3 Å². The highest BCUT2D eigenvalue weighted by Crippen LogP contribution is 2.28. The lowest BCUT2D eigenvalue weighted by molar-refractivity contribution is 0.0697. The van der Waals surface area contributed by atoms with Gasteiger partial charge in [0.25, 0.3) is 0 Å². The molecule has 0 saturated carbocycles. The number of halogens is 1. The molecule has 0 amide bonds. The van der Waals surface area contributed by atoms with Gasteiger partial charge in [-0.05, 0) is 54.4 Å². The van der Waals surface area contributed by atoms with Crippen LogP contribution in [0, 0.1) is 6.92 Å². The number of nitrogens with one attached hydrogen (secondary N) is 1. The number of carbonyl (C=O) groups is 1. The maximum absolute atomic E-state index is 11.0. The third kappa shape index (κ3) is 2.96. The molecule has 0 bridgehead atoms. The van der Waals surface area contributed by atoms with Crippen molar-refractivity contribution in [2.24, 2.45) is 0 Å². The lowest BCUT2D eigenvalue weighted by Crippen LogP contribution is -2.14. The molecule has 0 atom stereocenters. The van der Waals surface area contributed by atoms with Crippen molar-refractivity contribution in [3.8, 4) is 0 Å². The first kappa shape index (κ1) is 12.0. The van der Waals surface area contributed by atoms with Gasteiger partial charge < -0.3 is 10.4 Å². The van der Waals surface area contributed by atoms with Gasteiger partial charge in [-0.15, -0.1) is 0 Å². The fourth-order valence-corrected chi connectivity index (χ4v) is 2.04. The summed E-state index contributed by atoms with van der Waals surface area (Å²) in [5.74, 6) is -0.914. The summed E-state index contributed by atoms with van der Waals surface area (Å²) in [6.45, 7) is 5.81. The summed E-state index contributed by atoms with van der Waals surface area (Å²) in [5.41, 5.74) is 1.87. The SMILES string of the molecule is Cc1cc(Br)c(NC(C)C)c(C(=O)O)c1. The monoisotopic (exact) mass is 271 g/mol. The molecule has 2 N–H and O–H groups in total. The number of hydrogen-bond acceptors (Lipinski definition) is 2. The summed E-state index contributed by atoms with van der Waals surface area (Å²) in [5, 5.41) is 12.2. The summed E-state index contributed by atoms with van der Waals surface area (Å²) < 4.78 is 0.786. The van der Waals surface area contributed by atoms with Crippen LogP contribution in [0.3, 0.4) is 0 Å². The predicted molar refractivity (Wildman–Crippen MR) is 64.6 cm³/mol. The fourth-order valence-electron chi connectivity index (χ4n) is 1.35. The zero-order valence-corrected chi connectivity index (χ0v) is 10.6. The van der Waals surface area contributed by atoms with E-state index in [0.29, 0.717) is 11.3 Å². The molecule has 4 heteroatoms. The highest BCUT2D eigenvalue weighted by Gasteiger charge is 2.14. The molecule has 0 unspecified atom stereocenters. The van der Waals surface area contributed by atoms with Gasteiger partial charge in [0.1, 0.15) is 0 Å². The van der Waals surface area contributed by atoms with Gasteiger partial charge in [-0.2, -0.15) is 0 Å². The molecule has 0 aliphatic heterocycles. The van der Waals surface area contributed by atoms with E-state index in [1.165, 1.54) is 0 Å². The molecule has 0 spiro atoms. The quantitative estimate of drug-likeness (QED) is 0.887. The topological polar surface area (TPSA) is 49.3 Å². The average molecular weight is 272 g/mol. The Labute approximate surface area is 97.6 Å². The standard InChI is InChI=1S/C11H14BrNO2/c1-6(2)13-10-8(11(14)15)4-7(3)5-9(10)12/h4-6,13H,1-3H3,(H,14,15). The van der Waals surface area contributed by atoms with Crippen molar-refractivity contribution in [3.63, 3.8) is 0 Å². The van der Waals surface area contributed by atoms with Crippen LogP contribution in [0.4, 0.5) is 5.69 Å². The Balaban J connectivity index is 3.27. The normalized spacial score (nSPS) is 10.5. The van der Waals surface area contributed by atoms with Gasteiger partial charge in [-0.25, -0.2) is 4.79 Å². The summed E-state index contributed by atoms with van der Waals surface area (Å²) in [6.07, 6.45) is 0. The van der Waals surface area contributed by atoms with Gasteiger partial charge in [-0.1, -0.05) is 0 Å². The van der Waals surface area contributed by atoms with Crippen molar-refractivity contribution in [2.75, 3.05) is 5.32 Å².